The molecule has 0 aliphatic carbocycles. The number of hydrogen-bond donors (Lipinski definition) is 0. The molecule has 0 saturated heterocycles. The molecule has 0 heterocycles. The lowest BCUT2D eigenvalue weighted by atomic mass is 10.4. The zero-order valence-corrected chi connectivity index (χ0v) is 6.38. The number of hydrogen-bond acceptors (Lipinski definition) is 0. The summed E-state index contributed by atoms with van der Waals surface area (Å²) in [4.78, 5) is 0. The van der Waals surface area contributed by atoms with Gasteiger partial charge >= 0.3 is 12.4 Å². The van der Waals surface area contributed by atoms with Gasteiger partial charge in [0.1, 0.15) is 0 Å². The summed E-state index contributed by atoms with van der Waals surface area (Å²) in [6.45, 7) is 0. The van der Waals surface area contributed by atoms with Gasteiger partial charge in [-0.15, -0.1) is 0 Å². The Kier molecular flexibility index (Phi) is 2.83. The molecule has 10 heavy (non-hydrogen) atoms. The minimum Gasteiger partial charge on any atom is -0.169 e. The van der Waals surface area contributed by atoms with Crippen LogP contribution in [0.3, 0.4) is 0 Å². The van der Waals surface area contributed by atoms with E-state index >= 15 is 0 Å². The molecule has 0 bridgehead atoms. The topological polar surface area (TPSA) is 0 Å². The van der Waals surface area contributed by atoms with E-state index in [0.29, 0.717) is 22.6 Å². The SMILES string of the molecule is FC(F)(F)C(I)C(F)(F)F. The standard InChI is InChI=1S/C3HF6I/c4-2(5,6)1(10)3(7,8)9/h1H. The summed E-state index contributed by atoms with van der Waals surface area (Å²) < 4.78 is 64.0. The molecule has 0 amide bonds. The Morgan fingerprint density at radius 3 is 1.00 bits per heavy atom. The zero-order chi connectivity index (χ0) is 8.58. The summed E-state index contributed by atoms with van der Waals surface area (Å²) in [5.41, 5.74) is 0. The molecule has 0 aliphatic heterocycles. The molecule has 0 spiro atoms. The van der Waals surface area contributed by atoms with Crippen molar-refractivity contribution in [2.75, 3.05) is 0 Å². The predicted molar refractivity (Wildman–Crippen MR) is 29.9 cm³/mol. The first-order valence-electron chi connectivity index (χ1n) is 1.93. The monoisotopic (exact) mass is 278 g/mol. The first-order valence-corrected chi connectivity index (χ1v) is 3.18. The van der Waals surface area contributed by atoms with Gasteiger partial charge in [-0.1, -0.05) is 22.6 Å². The van der Waals surface area contributed by atoms with Crippen LogP contribution in [0.25, 0.3) is 0 Å². The van der Waals surface area contributed by atoms with Crippen LogP contribution < -0.4 is 0 Å². The van der Waals surface area contributed by atoms with E-state index in [1.807, 2.05) is 0 Å². The summed E-state index contributed by atoms with van der Waals surface area (Å²) in [5, 5.41) is 0. The molecule has 0 radical (unpaired) electrons. The largest absolute Gasteiger partial charge is 0.409 e. The Labute approximate surface area is 65.7 Å². The molecule has 0 saturated carbocycles. The van der Waals surface area contributed by atoms with Crippen LogP contribution in [0.5, 0.6) is 0 Å². The van der Waals surface area contributed by atoms with Gasteiger partial charge in [0.25, 0.3) is 0 Å². The number of alkyl halides is 7. The van der Waals surface area contributed by atoms with Gasteiger partial charge in [0.2, 0.25) is 3.92 Å². The van der Waals surface area contributed by atoms with Crippen molar-refractivity contribution in [3.8, 4) is 0 Å². The fraction of sp³-hybridized carbons (Fsp3) is 1.00. The van der Waals surface area contributed by atoms with Gasteiger partial charge in [0, 0.05) is 0 Å². The van der Waals surface area contributed by atoms with Crippen molar-refractivity contribution in [3.63, 3.8) is 0 Å². The van der Waals surface area contributed by atoms with Gasteiger partial charge in [0.15, 0.2) is 0 Å². The molecule has 0 aromatic carbocycles. The van der Waals surface area contributed by atoms with E-state index in [-0.39, 0.29) is 0 Å². The minimum absolute atomic E-state index is 0.305. The maximum absolute atomic E-state index is 11.2. The summed E-state index contributed by atoms with van der Waals surface area (Å²) >= 11 is 0.305. The van der Waals surface area contributed by atoms with Gasteiger partial charge in [0.05, 0.1) is 0 Å². The molecular weight excluding hydrogens is 277 g/mol. The fourth-order valence-corrected chi connectivity index (χ4v) is 0.186. The van der Waals surface area contributed by atoms with Crippen LogP contribution in [-0.4, -0.2) is 16.3 Å². The van der Waals surface area contributed by atoms with E-state index < -0.39 is 16.3 Å². The highest BCUT2D eigenvalue weighted by Gasteiger charge is 2.54. The van der Waals surface area contributed by atoms with Crippen LogP contribution in [0.2, 0.25) is 0 Å². The molecule has 0 aliphatic rings. The Morgan fingerprint density at radius 1 is 0.800 bits per heavy atom. The summed E-state index contributed by atoms with van der Waals surface area (Å²) in [6.07, 6.45) is -10.4. The van der Waals surface area contributed by atoms with Gasteiger partial charge < -0.3 is 0 Å². The lowest BCUT2D eigenvalue weighted by Gasteiger charge is -2.16. The van der Waals surface area contributed by atoms with Crippen LogP contribution in [0.15, 0.2) is 0 Å². The fourth-order valence-electron chi connectivity index (χ4n) is 0.186. The molecule has 0 atom stereocenters. The first-order chi connectivity index (χ1) is 4.15. The van der Waals surface area contributed by atoms with Crippen LogP contribution in [0.4, 0.5) is 26.3 Å². The van der Waals surface area contributed by atoms with Crippen molar-refractivity contribution >= 4 is 22.6 Å². The van der Waals surface area contributed by atoms with E-state index in [2.05, 4.69) is 0 Å². The van der Waals surface area contributed by atoms with Gasteiger partial charge in [-0.2, -0.15) is 26.3 Å². The maximum Gasteiger partial charge on any atom is 0.409 e. The molecule has 0 unspecified atom stereocenters. The Hall–Kier alpha value is 0.310. The van der Waals surface area contributed by atoms with Crippen LogP contribution in [-0.2, 0) is 0 Å². The third-order valence-electron chi connectivity index (χ3n) is 0.575. The molecule has 0 nitrogen and oxygen atoms in total. The van der Waals surface area contributed by atoms with Crippen LogP contribution in [0, 0.1) is 0 Å². The summed E-state index contributed by atoms with van der Waals surface area (Å²) in [6, 6.07) is 0. The molecule has 0 aromatic heterocycles. The third kappa shape index (κ3) is 2.93. The van der Waals surface area contributed by atoms with Crippen LogP contribution >= 0.6 is 22.6 Å². The average Bonchev–Trinajstić information content (AvgIpc) is 1.59. The second-order valence-corrected chi connectivity index (χ2v) is 2.69. The van der Waals surface area contributed by atoms with E-state index in [1.165, 1.54) is 0 Å². The van der Waals surface area contributed by atoms with Crippen molar-refractivity contribution in [3.05, 3.63) is 0 Å². The van der Waals surface area contributed by atoms with Crippen molar-refractivity contribution in [2.24, 2.45) is 0 Å². The van der Waals surface area contributed by atoms with Gasteiger partial charge in [-0.25, -0.2) is 0 Å². The van der Waals surface area contributed by atoms with Crippen LogP contribution in [0.1, 0.15) is 0 Å². The average molecular weight is 278 g/mol. The molecule has 0 fully saturated rings. The molecule has 0 rings (SSSR count). The number of rotatable bonds is 0. The summed E-state index contributed by atoms with van der Waals surface area (Å²) in [7, 11) is 0. The van der Waals surface area contributed by atoms with Gasteiger partial charge in [-0.05, 0) is 0 Å². The highest BCUT2D eigenvalue weighted by Crippen LogP contribution is 2.38. The maximum atomic E-state index is 11.2. The molecular formula is C3HF6I. The van der Waals surface area contributed by atoms with E-state index in [4.69, 9.17) is 0 Å². The highest BCUT2D eigenvalue weighted by molar-refractivity contribution is 14.1. The lowest BCUT2D eigenvalue weighted by Crippen LogP contribution is -2.36. The van der Waals surface area contributed by atoms with E-state index in [9.17, 15) is 26.3 Å². The second-order valence-electron chi connectivity index (χ2n) is 1.45. The number of halogens is 7. The first kappa shape index (κ1) is 10.3. The van der Waals surface area contributed by atoms with Crippen molar-refractivity contribution < 1.29 is 26.3 Å². The molecule has 0 N–H and O–H groups in total. The third-order valence-corrected chi connectivity index (χ3v) is 1.99. The quantitative estimate of drug-likeness (QED) is 0.363. The molecule has 62 valence electrons. The Balaban J connectivity index is 4.23. The van der Waals surface area contributed by atoms with E-state index in [1.54, 1.807) is 0 Å². The van der Waals surface area contributed by atoms with Crippen molar-refractivity contribution in [1.29, 1.82) is 0 Å². The highest BCUT2D eigenvalue weighted by atomic mass is 127. The normalized spacial score (nSPS) is 14.4. The Bertz CT molecular complexity index is 97.1. The van der Waals surface area contributed by atoms with Crippen molar-refractivity contribution in [2.45, 2.75) is 16.3 Å². The zero-order valence-electron chi connectivity index (χ0n) is 4.22. The second kappa shape index (κ2) is 2.74. The van der Waals surface area contributed by atoms with E-state index in [0.717, 1.165) is 0 Å². The smallest absolute Gasteiger partial charge is 0.169 e. The Morgan fingerprint density at radius 2 is 1.00 bits per heavy atom. The predicted octanol–water partition coefficient (Wildman–Crippen LogP) is 2.91. The van der Waals surface area contributed by atoms with Gasteiger partial charge in [-0.3, -0.25) is 0 Å². The molecule has 7 heteroatoms. The minimum atomic E-state index is -5.20. The summed E-state index contributed by atoms with van der Waals surface area (Å²) in [5.74, 6) is 0. The lowest BCUT2D eigenvalue weighted by molar-refractivity contribution is -0.218. The van der Waals surface area contributed by atoms with Crippen molar-refractivity contribution in [1.82, 2.24) is 0 Å². The molecule has 0 aromatic rings.